The summed E-state index contributed by atoms with van der Waals surface area (Å²) in [7, 11) is 0. The lowest BCUT2D eigenvalue weighted by Crippen LogP contribution is -2.43. The van der Waals surface area contributed by atoms with E-state index in [0.29, 0.717) is 6.10 Å². The van der Waals surface area contributed by atoms with E-state index in [-0.39, 0.29) is 0 Å². The molecule has 3 heteroatoms. The van der Waals surface area contributed by atoms with Gasteiger partial charge in [0.1, 0.15) is 0 Å². The van der Waals surface area contributed by atoms with Crippen molar-refractivity contribution in [2.24, 2.45) is 0 Å². The Labute approximate surface area is 92.5 Å². The van der Waals surface area contributed by atoms with Crippen LogP contribution in [0.3, 0.4) is 0 Å². The molecule has 0 aliphatic carbocycles. The Kier molecular flexibility index (Phi) is 4.64. The van der Waals surface area contributed by atoms with Crippen molar-refractivity contribution in [3.63, 3.8) is 0 Å². The van der Waals surface area contributed by atoms with Crippen molar-refractivity contribution in [3.8, 4) is 0 Å². The van der Waals surface area contributed by atoms with Crippen LogP contribution >= 0.6 is 0 Å². The zero-order valence-corrected chi connectivity index (χ0v) is 9.45. The van der Waals surface area contributed by atoms with Gasteiger partial charge in [-0.05, 0) is 19.3 Å². The van der Waals surface area contributed by atoms with Gasteiger partial charge >= 0.3 is 0 Å². The summed E-state index contributed by atoms with van der Waals surface area (Å²) in [5.41, 5.74) is 0. The summed E-state index contributed by atoms with van der Waals surface area (Å²) >= 11 is 0. The lowest BCUT2D eigenvalue weighted by Gasteiger charge is -2.25. The Hall–Kier alpha value is -0.380. The summed E-state index contributed by atoms with van der Waals surface area (Å²) in [5, 5.41) is 3.36. The van der Waals surface area contributed by atoms with Crippen molar-refractivity contribution in [2.75, 3.05) is 39.3 Å². The van der Waals surface area contributed by atoms with Gasteiger partial charge in [0, 0.05) is 39.3 Å². The molecular weight excluding hydrogens is 188 g/mol. The van der Waals surface area contributed by atoms with Crippen LogP contribution in [0.4, 0.5) is 0 Å². The zero-order valence-electron chi connectivity index (χ0n) is 9.45. The van der Waals surface area contributed by atoms with Crippen molar-refractivity contribution in [1.29, 1.82) is 0 Å². The Bertz CT molecular complexity index is 194. The molecule has 86 valence electrons. The third-order valence-corrected chi connectivity index (χ3v) is 3.16. The van der Waals surface area contributed by atoms with Crippen LogP contribution in [0.5, 0.6) is 0 Å². The molecule has 2 aliphatic heterocycles. The van der Waals surface area contributed by atoms with E-state index in [4.69, 9.17) is 4.74 Å². The molecule has 15 heavy (non-hydrogen) atoms. The number of nitrogens with one attached hydrogen (secondary N) is 1. The first-order valence-electron chi connectivity index (χ1n) is 6.15. The molecule has 1 N–H and O–H groups in total. The molecule has 0 saturated carbocycles. The van der Waals surface area contributed by atoms with Gasteiger partial charge in [-0.3, -0.25) is 4.90 Å². The van der Waals surface area contributed by atoms with Crippen molar-refractivity contribution in [2.45, 2.75) is 25.4 Å². The molecule has 0 aromatic heterocycles. The fourth-order valence-corrected chi connectivity index (χ4v) is 2.20. The molecule has 3 nitrogen and oxygen atoms in total. The van der Waals surface area contributed by atoms with E-state index in [2.05, 4.69) is 22.4 Å². The van der Waals surface area contributed by atoms with Crippen molar-refractivity contribution in [3.05, 3.63) is 12.2 Å². The summed E-state index contributed by atoms with van der Waals surface area (Å²) in [5.74, 6) is 0. The van der Waals surface area contributed by atoms with E-state index >= 15 is 0 Å². The molecule has 0 bridgehead atoms. The Balaban J connectivity index is 1.57. The fraction of sp³-hybridized carbons (Fsp3) is 0.833. The van der Waals surface area contributed by atoms with Crippen LogP contribution < -0.4 is 5.32 Å². The molecule has 2 aliphatic rings. The third-order valence-electron chi connectivity index (χ3n) is 3.16. The molecule has 0 spiro atoms. The Morgan fingerprint density at radius 3 is 2.87 bits per heavy atom. The van der Waals surface area contributed by atoms with Crippen LogP contribution in [-0.4, -0.2) is 50.3 Å². The van der Waals surface area contributed by atoms with Crippen molar-refractivity contribution < 1.29 is 4.74 Å². The maximum Gasteiger partial charge on any atom is 0.0610 e. The predicted octanol–water partition coefficient (Wildman–Crippen LogP) is 1.02. The quantitative estimate of drug-likeness (QED) is 0.701. The smallest absolute Gasteiger partial charge is 0.0610 e. The largest absolute Gasteiger partial charge is 0.378 e. The summed E-state index contributed by atoms with van der Waals surface area (Å²) in [4.78, 5) is 2.49. The highest BCUT2D eigenvalue weighted by Gasteiger charge is 2.13. The number of ether oxygens (including phenoxy) is 1. The van der Waals surface area contributed by atoms with Gasteiger partial charge in [-0.25, -0.2) is 0 Å². The summed E-state index contributed by atoms with van der Waals surface area (Å²) in [6.45, 7) is 6.72. The van der Waals surface area contributed by atoms with Crippen LogP contribution in [0, 0.1) is 0 Å². The maximum absolute atomic E-state index is 5.57. The van der Waals surface area contributed by atoms with Crippen LogP contribution in [0.25, 0.3) is 0 Å². The van der Waals surface area contributed by atoms with Gasteiger partial charge in [0.15, 0.2) is 0 Å². The highest BCUT2D eigenvalue weighted by molar-refractivity contribution is 4.88. The highest BCUT2D eigenvalue weighted by Crippen LogP contribution is 2.15. The zero-order chi connectivity index (χ0) is 10.3. The minimum absolute atomic E-state index is 0.504. The second-order valence-corrected chi connectivity index (χ2v) is 4.39. The number of hydrogen-bond donors (Lipinski definition) is 1. The van der Waals surface area contributed by atoms with Crippen LogP contribution in [0.1, 0.15) is 19.3 Å². The van der Waals surface area contributed by atoms with E-state index in [1.165, 1.54) is 25.9 Å². The van der Waals surface area contributed by atoms with Crippen molar-refractivity contribution in [1.82, 2.24) is 10.2 Å². The monoisotopic (exact) mass is 210 g/mol. The minimum Gasteiger partial charge on any atom is -0.378 e. The standard InChI is InChI=1S/C12H22N2O/c1(4-12-5-3-11-15-12)2-8-14-9-6-13-7-10-14/h1-2,12-13H,3-11H2/b2-1-. The summed E-state index contributed by atoms with van der Waals surface area (Å²) < 4.78 is 5.57. The molecule has 2 saturated heterocycles. The summed E-state index contributed by atoms with van der Waals surface area (Å²) in [6.07, 6.45) is 8.69. The average molecular weight is 210 g/mol. The van der Waals surface area contributed by atoms with Gasteiger partial charge in [-0.1, -0.05) is 12.2 Å². The second kappa shape index (κ2) is 6.26. The van der Waals surface area contributed by atoms with Gasteiger partial charge in [0.2, 0.25) is 0 Å². The number of rotatable bonds is 4. The third kappa shape index (κ3) is 3.93. The van der Waals surface area contributed by atoms with Gasteiger partial charge in [0.05, 0.1) is 6.10 Å². The van der Waals surface area contributed by atoms with Gasteiger partial charge in [0.25, 0.3) is 0 Å². The van der Waals surface area contributed by atoms with Gasteiger partial charge in [-0.15, -0.1) is 0 Å². The van der Waals surface area contributed by atoms with Crippen LogP contribution in [-0.2, 0) is 4.74 Å². The maximum atomic E-state index is 5.57. The molecule has 2 rings (SSSR count). The highest BCUT2D eigenvalue weighted by atomic mass is 16.5. The van der Waals surface area contributed by atoms with Crippen molar-refractivity contribution >= 4 is 0 Å². The lowest BCUT2D eigenvalue weighted by molar-refractivity contribution is 0.113. The van der Waals surface area contributed by atoms with E-state index < -0.39 is 0 Å². The molecule has 0 amide bonds. The SMILES string of the molecule is C(=C/CN1CCNCC1)/CC1CCCO1. The van der Waals surface area contributed by atoms with E-state index in [9.17, 15) is 0 Å². The first-order valence-corrected chi connectivity index (χ1v) is 6.15. The van der Waals surface area contributed by atoms with E-state index in [1.807, 2.05) is 0 Å². The van der Waals surface area contributed by atoms with Crippen LogP contribution in [0.15, 0.2) is 12.2 Å². The average Bonchev–Trinajstić information content (AvgIpc) is 2.79. The lowest BCUT2D eigenvalue weighted by atomic mass is 10.2. The number of piperazine rings is 1. The Morgan fingerprint density at radius 2 is 2.13 bits per heavy atom. The second-order valence-electron chi connectivity index (χ2n) is 4.39. The van der Waals surface area contributed by atoms with Gasteiger partial charge in [-0.2, -0.15) is 0 Å². The minimum atomic E-state index is 0.504. The molecule has 0 radical (unpaired) electrons. The first kappa shape index (κ1) is 11.1. The molecule has 1 unspecified atom stereocenters. The molecular formula is C12H22N2O. The van der Waals surface area contributed by atoms with Crippen LogP contribution in [0.2, 0.25) is 0 Å². The number of hydrogen-bond acceptors (Lipinski definition) is 3. The van der Waals surface area contributed by atoms with E-state index in [1.54, 1.807) is 0 Å². The number of nitrogens with zero attached hydrogens (tertiary/aromatic N) is 1. The molecule has 2 heterocycles. The van der Waals surface area contributed by atoms with Gasteiger partial charge < -0.3 is 10.1 Å². The molecule has 2 fully saturated rings. The molecule has 0 aromatic rings. The summed E-state index contributed by atoms with van der Waals surface area (Å²) in [6, 6.07) is 0. The topological polar surface area (TPSA) is 24.5 Å². The predicted molar refractivity (Wildman–Crippen MR) is 62.0 cm³/mol. The molecule has 0 aromatic carbocycles. The van der Waals surface area contributed by atoms with E-state index in [0.717, 1.165) is 32.7 Å². The normalized spacial score (nSPS) is 28.9. The molecule has 1 atom stereocenters. The fourth-order valence-electron chi connectivity index (χ4n) is 2.20. The Morgan fingerprint density at radius 1 is 1.27 bits per heavy atom. The first-order chi connectivity index (χ1) is 7.45.